The second-order valence-corrected chi connectivity index (χ2v) is 8.80. The molecule has 0 spiro atoms. The second kappa shape index (κ2) is 6.10. The monoisotopic (exact) mass is 365 g/mol. The summed E-state index contributed by atoms with van der Waals surface area (Å²) in [4.78, 5) is 14.7. The SMILES string of the molecule is CC(C)(C)OC(=O)N1CC(CO)C1(C)C1c2ccccc2-c2ccccc21. The lowest BCUT2D eigenvalue weighted by Crippen LogP contribution is -2.71. The van der Waals surface area contributed by atoms with E-state index in [1.165, 1.54) is 22.3 Å². The van der Waals surface area contributed by atoms with E-state index in [0.29, 0.717) is 6.54 Å². The van der Waals surface area contributed by atoms with Crippen LogP contribution in [0, 0.1) is 5.92 Å². The molecule has 2 aliphatic rings. The van der Waals surface area contributed by atoms with E-state index in [4.69, 9.17) is 4.74 Å². The highest BCUT2D eigenvalue weighted by molar-refractivity contribution is 5.81. The second-order valence-electron chi connectivity index (χ2n) is 8.80. The molecule has 2 unspecified atom stereocenters. The van der Waals surface area contributed by atoms with E-state index in [9.17, 15) is 9.90 Å². The molecule has 1 aliphatic carbocycles. The van der Waals surface area contributed by atoms with Gasteiger partial charge in [0.25, 0.3) is 0 Å². The number of hydrogen-bond acceptors (Lipinski definition) is 3. The van der Waals surface area contributed by atoms with Crippen molar-refractivity contribution in [1.29, 1.82) is 0 Å². The summed E-state index contributed by atoms with van der Waals surface area (Å²) >= 11 is 0. The first kappa shape index (κ1) is 18.1. The first-order valence-corrected chi connectivity index (χ1v) is 9.57. The Kier molecular flexibility index (Phi) is 4.08. The number of amides is 1. The highest BCUT2D eigenvalue weighted by Gasteiger charge is 2.59. The third kappa shape index (κ3) is 2.66. The number of benzene rings is 2. The Morgan fingerprint density at radius 3 is 2.11 bits per heavy atom. The Hall–Kier alpha value is -2.33. The van der Waals surface area contributed by atoms with E-state index >= 15 is 0 Å². The standard InChI is InChI=1S/C23H27NO3/c1-22(2,3)27-21(26)24-13-15(14-25)23(24,4)20-18-11-7-5-9-16(18)17-10-6-8-12-19(17)20/h5-12,15,20,25H,13-14H2,1-4H3. The smallest absolute Gasteiger partial charge is 0.410 e. The van der Waals surface area contributed by atoms with Gasteiger partial charge in [-0.15, -0.1) is 0 Å². The van der Waals surface area contributed by atoms with Crippen molar-refractivity contribution >= 4 is 6.09 Å². The zero-order chi connectivity index (χ0) is 19.4. The minimum atomic E-state index is -0.548. The molecular formula is C23H27NO3. The minimum Gasteiger partial charge on any atom is -0.444 e. The molecule has 1 N–H and O–H groups in total. The summed E-state index contributed by atoms with van der Waals surface area (Å²) < 4.78 is 5.67. The molecule has 142 valence electrons. The van der Waals surface area contributed by atoms with Crippen molar-refractivity contribution in [2.75, 3.05) is 13.2 Å². The molecular weight excluding hydrogens is 338 g/mol. The van der Waals surface area contributed by atoms with Crippen LogP contribution in [-0.4, -0.2) is 40.4 Å². The molecule has 0 aromatic heterocycles. The summed E-state index contributed by atoms with van der Waals surface area (Å²) in [5.41, 5.74) is 3.79. The van der Waals surface area contributed by atoms with Gasteiger partial charge in [0.15, 0.2) is 0 Å². The van der Waals surface area contributed by atoms with Crippen LogP contribution < -0.4 is 0 Å². The van der Waals surface area contributed by atoms with Gasteiger partial charge in [-0.25, -0.2) is 4.79 Å². The summed E-state index contributed by atoms with van der Waals surface area (Å²) in [6.45, 7) is 8.30. The number of rotatable bonds is 2. The number of carbonyl (C=O) groups excluding carboxylic acids is 1. The van der Waals surface area contributed by atoms with Gasteiger partial charge in [0.1, 0.15) is 5.60 Å². The fourth-order valence-corrected chi connectivity index (χ4v) is 4.72. The predicted molar refractivity (Wildman–Crippen MR) is 106 cm³/mol. The Labute approximate surface area is 160 Å². The van der Waals surface area contributed by atoms with E-state index < -0.39 is 11.1 Å². The summed E-state index contributed by atoms with van der Waals surface area (Å²) in [5, 5.41) is 10.0. The molecule has 2 aromatic carbocycles. The normalized spacial score (nSPS) is 24.2. The Morgan fingerprint density at radius 1 is 1.11 bits per heavy atom. The van der Waals surface area contributed by atoms with Gasteiger partial charge in [-0.05, 0) is 49.9 Å². The lowest BCUT2D eigenvalue weighted by molar-refractivity contribution is -0.0994. The molecule has 1 fully saturated rings. The van der Waals surface area contributed by atoms with Crippen molar-refractivity contribution in [3.8, 4) is 11.1 Å². The number of aliphatic hydroxyl groups excluding tert-OH is 1. The molecule has 1 amide bonds. The van der Waals surface area contributed by atoms with Gasteiger partial charge >= 0.3 is 6.09 Å². The number of aliphatic hydroxyl groups is 1. The summed E-state index contributed by atoms with van der Waals surface area (Å²) in [7, 11) is 0. The average molecular weight is 365 g/mol. The Morgan fingerprint density at radius 2 is 1.63 bits per heavy atom. The largest absolute Gasteiger partial charge is 0.444 e. The maximum Gasteiger partial charge on any atom is 0.410 e. The van der Waals surface area contributed by atoms with Crippen molar-refractivity contribution in [1.82, 2.24) is 4.90 Å². The minimum absolute atomic E-state index is 0.00855. The predicted octanol–water partition coefficient (Wildman–Crippen LogP) is 4.42. The zero-order valence-corrected chi connectivity index (χ0v) is 16.4. The number of ether oxygens (including phenoxy) is 1. The van der Waals surface area contributed by atoms with E-state index in [1.54, 1.807) is 0 Å². The molecule has 0 bridgehead atoms. The topological polar surface area (TPSA) is 49.8 Å². The lowest BCUT2D eigenvalue weighted by atomic mass is 9.64. The Balaban J connectivity index is 1.81. The lowest BCUT2D eigenvalue weighted by Gasteiger charge is -2.59. The number of nitrogens with zero attached hydrogens (tertiary/aromatic N) is 1. The molecule has 1 heterocycles. The zero-order valence-electron chi connectivity index (χ0n) is 16.4. The quantitative estimate of drug-likeness (QED) is 0.857. The van der Waals surface area contributed by atoms with Crippen LogP contribution in [-0.2, 0) is 4.74 Å². The number of carbonyl (C=O) groups is 1. The van der Waals surface area contributed by atoms with E-state index in [0.717, 1.165) is 0 Å². The van der Waals surface area contributed by atoms with Crippen molar-refractivity contribution in [3.63, 3.8) is 0 Å². The van der Waals surface area contributed by atoms with Crippen LogP contribution in [0.25, 0.3) is 11.1 Å². The van der Waals surface area contributed by atoms with Crippen LogP contribution >= 0.6 is 0 Å². The molecule has 0 radical (unpaired) electrons. The number of hydrogen-bond donors (Lipinski definition) is 1. The summed E-state index contributed by atoms with van der Waals surface area (Å²) in [5.74, 6) is 0.0255. The number of likely N-dealkylation sites (tertiary alicyclic amines) is 1. The van der Waals surface area contributed by atoms with Crippen molar-refractivity contribution in [2.45, 2.75) is 44.8 Å². The average Bonchev–Trinajstić information content (AvgIpc) is 2.94. The van der Waals surface area contributed by atoms with Crippen LogP contribution in [0.5, 0.6) is 0 Å². The molecule has 1 saturated heterocycles. The van der Waals surface area contributed by atoms with Crippen molar-refractivity contribution < 1.29 is 14.6 Å². The van der Waals surface area contributed by atoms with Crippen LogP contribution in [0.1, 0.15) is 44.7 Å². The van der Waals surface area contributed by atoms with Gasteiger partial charge in [-0.2, -0.15) is 0 Å². The Bertz CT molecular complexity index is 840. The maximum atomic E-state index is 12.9. The number of fused-ring (bicyclic) bond motifs is 3. The van der Waals surface area contributed by atoms with E-state index in [1.807, 2.05) is 37.8 Å². The first-order valence-electron chi connectivity index (χ1n) is 9.57. The van der Waals surface area contributed by atoms with Gasteiger partial charge in [0.05, 0.1) is 5.54 Å². The third-order valence-electron chi connectivity index (χ3n) is 6.06. The van der Waals surface area contributed by atoms with Gasteiger partial charge in [0.2, 0.25) is 0 Å². The molecule has 4 nitrogen and oxygen atoms in total. The van der Waals surface area contributed by atoms with Crippen molar-refractivity contribution in [3.05, 3.63) is 59.7 Å². The molecule has 1 aliphatic heterocycles. The highest BCUT2D eigenvalue weighted by atomic mass is 16.6. The first-order chi connectivity index (χ1) is 12.8. The summed E-state index contributed by atoms with van der Waals surface area (Å²) in [6.07, 6.45) is -0.309. The van der Waals surface area contributed by atoms with Gasteiger partial charge in [-0.1, -0.05) is 48.5 Å². The molecule has 4 rings (SSSR count). The van der Waals surface area contributed by atoms with Crippen LogP contribution in [0.3, 0.4) is 0 Å². The molecule has 2 aromatic rings. The van der Waals surface area contributed by atoms with Gasteiger partial charge < -0.3 is 14.7 Å². The van der Waals surface area contributed by atoms with Gasteiger partial charge in [-0.3, -0.25) is 0 Å². The fraction of sp³-hybridized carbons (Fsp3) is 0.435. The molecule has 4 heteroatoms. The third-order valence-corrected chi connectivity index (χ3v) is 6.06. The van der Waals surface area contributed by atoms with Gasteiger partial charge in [0, 0.05) is 25.0 Å². The highest BCUT2D eigenvalue weighted by Crippen LogP contribution is 2.56. The van der Waals surface area contributed by atoms with Crippen LogP contribution in [0.15, 0.2) is 48.5 Å². The summed E-state index contributed by atoms with van der Waals surface area (Å²) in [6, 6.07) is 16.8. The fourth-order valence-electron chi connectivity index (χ4n) is 4.72. The van der Waals surface area contributed by atoms with E-state index in [2.05, 4.69) is 43.3 Å². The molecule has 27 heavy (non-hydrogen) atoms. The molecule has 2 atom stereocenters. The van der Waals surface area contributed by atoms with Crippen LogP contribution in [0.2, 0.25) is 0 Å². The van der Waals surface area contributed by atoms with E-state index in [-0.39, 0.29) is 24.5 Å². The maximum absolute atomic E-state index is 12.9. The molecule has 0 saturated carbocycles. The van der Waals surface area contributed by atoms with Crippen molar-refractivity contribution in [2.24, 2.45) is 5.92 Å². The van der Waals surface area contributed by atoms with Crippen LogP contribution in [0.4, 0.5) is 4.79 Å².